The smallest absolute Gasteiger partial charge is 0.234 e. The number of benzene rings is 1. The van der Waals surface area contributed by atoms with Crippen molar-refractivity contribution in [3.63, 3.8) is 0 Å². The maximum absolute atomic E-state index is 12.6. The van der Waals surface area contributed by atoms with Crippen LogP contribution < -0.4 is 10.1 Å². The van der Waals surface area contributed by atoms with Crippen molar-refractivity contribution in [2.75, 3.05) is 25.1 Å². The molecule has 2 fully saturated rings. The van der Waals surface area contributed by atoms with Gasteiger partial charge in [0.05, 0.1) is 12.6 Å². The summed E-state index contributed by atoms with van der Waals surface area (Å²) in [6, 6.07) is 8.79. The predicted octanol–water partition coefficient (Wildman–Crippen LogP) is 2.99. The minimum Gasteiger partial charge on any atom is -0.487 e. The molecule has 1 amide bonds. The number of nitrogens with one attached hydrogen (secondary N) is 1. The molecule has 1 N–H and O–H groups in total. The Balaban J connectivity index is 1.43. The number of para-hydroxylation sites is 1. The van der Waals surface area contributed by atoms with Gasteiger partial charge in [-0.3, -0.25) is 9.69 Å². The van der Waals surface area contributed by atoms with Gasteiger partial charge in [-0.2, -0.15) is 11.8 Å². The summed E-state index contributed by atoms with van der Waals surface area (Å²) >= 11 is 1.98. The zero-order chi connectivity index (χ0) is 16.6. The van der Waals surface area contributed by atoms with Crippen LogP contribution in [-0.4, -0.2) is 47.5 Å². The largest absolute Gasteiger partial charge is 0.487 e. The van der Waals surface area contributed by atoms with E-state index in [9.17, 15) is 4.79 Å². The summed E-state index contributed by atoms with van der Waals surface area (Å²) in [5, 5.41) is 3.29. The average Bonchev–Trinajstić information content (AvgIpc) is 3.07. The van der Waals surface area contributed by atoms with Crippen LogP contribution in [0.15, 0.2) is 24.3 Å². The highest BCUT2D eigenvalue weighted by atomic mass is 32.2. The first-order valence-corrected chi connectivity index (χ1v) is 10.2. The van der Waals surface area contributed by atoms with Gasteiger partial charge in [-0.15, -0.1) is 0 Å². The summed E-state index contributed by atoms with van der Waals surface area (Å²) in [7, 11) is 2.07. The topological polar surface area (TPSA) is 41.6 Å². The molecule has 1 spiro atoms. The normalized spacial score (nSPS) is 27.4. The highest BCUT2D eigenvalue weighted by Gasteiger charge is 2.45. The molecule has 0 radical (unpaired) electrons. The number of carbonyl (C=O) groups excluding carboxylic acids is 1. The molecule has 1 aromatic carbocycles. The van der Waals surface area contributed by atoms with Gasteiger partial charge in [0.15, 0.2) is 0 Å². The third kappa shape index (κ3) is 3.16. The van der Waals surface area contributed by atoms with Crippen molar-refractivity contribution in [2.45, 2.75) is 49.8 Å². The molecule has 24 heavy (non-hydrogen) atoms. The average molecular weight is 346 g/mol. The monoisotopic (exact) mass is 346 g/mol. The van der Waals surface area contributed by atoms with E-state index in [2.05, 4.69) is 23.3 Å². The lowest BCUT2D eigenvalue weighted by atomic mass is 9.73. The van der Waals surface area contributed by atoms with E-state index < -0.39 is 0 Å². The summed E-state index contributed by atoms with van der Waals surface area (Å²) in [4.78, 5) is 14.8. The second kappa shape index (κ2) is 6.60. The summed E-state index contributed by atoms with van der Waals surface area (Å²) < 4.78 is 6.27. The number of fused-ring (bicyclic) bond motifs is 1. The van der Waals surface area contributed by atoms with E-state index in [4.69, 9.17) is 4.74 Å². The van der Waals surface area contributed by atoms with E-state index in [1.54, 1.807) is 0 Å². The molecular weight excluding hydrogens is 320 g/mol. The van der Waals surface area contributed by atoms with Crippen LogP contribution in [0.4, 0.5) is 0 Å². The zero-order valence-corrected chi connectivity index (χ0v) is 15.1. The van der Waals surface area contributed by atoms with Crippen LogP contribution in [0.5, 0.6) is 5.75 Å². The highest BCUT2D eigenvalue weighted by Crippen LogP contribution is 2.48. The molecule has 0 bridgehead atoms. The van der Waals surface area contributed by atoms with Gasteiger partial charge in [0.1, 0.15) is 11.4 Å². The lowest BCUT2D eigenvalue weighted by molar-refractivity contribution is -0.124. The van der Waals surface area contributed by atoms with Crippen molar-refractivity contribution >= 4 is 17.7 Å². The Morgan fingerprint density at radius 1 is 1.42 bits per heavy atom. The van der Waals surface area contributed by atoms with E-state index in [0.29, 0.717) is 12.6 Å². The van der Waals surface area contributed by atoms with Crippen LogP contribution in [0.25, 0.3) is 0 Å². The molecule has 5 heteroatoms. The molecule has 1 saturated heterocycles. The van der Waals surface area contributed by atoms with Gasteiger partial charge in [0.2, 0.25) is 5.91 Å². The molecule has 4 rings (SSSR count). The van der Waals surface area contributed by atoms with E-state index in [0.717, 1.165) is 36.3 Å². The first-order valence-electron chi connectivity index (χ1n) is 9.01. The van der Waals surface area contributed by atoms with Crippen LogP contribution in [0.3, 0.4) is 0 Å². The van der Waals surface area contributed by atoms with E-state index >= 15 is 0 Å². The lowest BCUT2D eigenvalue weighted by Crippen LogP contribution is -2.50. The molecule has 2 atom stereocenters. The summed E-state index contributed by atoms with van der Waals surface area (Å²) in [5.74, 6) is 3.44. The van der Waals surface area contributed by atoms with Gasteiger partial charge in [0, 0.05) is 23.8 Å². The molecule has 0 aromatic heterocycles. The third-order valence-corrected chi connectivity index (χ3v) is 6.86. The Morgan fingerprint density at radius 2 is 2.25 bits per heavy atom. The number of nitrogens with zero attached hydrogens (tertiary/aromatic N) is 1. The molecule has 2 aliphatic heterocycles. The fraction of sp³-hybridized carbons (Fsp3) is 0.632. The minimum absolute atomic E-state index is 0.0414. The number of rotatable bonds is 4. The Labute approximate surface area is 148 Å². The van der Waals surface area contributed by atoms with E-state index in [1.165, 1.54) is 18.6 Å². The molecule has 1 saturated carbocycles. The second-order valence-corrected chi connectivity index (χ2v) is 8.58. The Kier molecular flexibility index (Phi) is 4.48. The number of amides is 1. The number of ether oxygens (including phenoxy) is 1. The van der Waals surface area contributed by atoms with E-state index in [1.807, 2.05) is 30.0 Å². The highest BCUT2D eigenvalue weighted by molar-refractivity contribution is 7.99. The first-order chi connectivity index (χ1) is 11.7. The number of hydrogen-bond acceptors (Lipinski definition) is 4. The van der Waals surface area contributed by atoms with Gasteiger partial charge < -0.3 is 10.1 Å². The Bertz CT molecular complexity index is 611. The summed E-state index contributed by atoms with van der Waals surface area (Å²) in [6.07, 6.45) is 5.53. The fourth-order valence-electron chi connectivity index (χ4n) is 4.09. The van der Waals surface area contributed by atoms with E-state index in [-0.39, 0.29) is 17.6 Å². The molecule has 4 nitrogen and oxygen atoms in total. The minimum atomic E-state index is -0.0414. The summed E-state index contributed by atoms with van der Waals surface area (Å²) in [5.41, 5.74) is 1.09. The van der Waals surface area contributed by atoms with Crippen molar-refractivity contribution < 1.29 is 9.53 Å². The predicted molar refractivity (Wildman–Crippen MR) is 97.5 cm³/mol. The molecule has 130 valence electrons. The van der Waals surface area contributed by atoms with Gasteiger partial charge in [-0.05, 0) is 44.6 Å². The number of hydrogen-bond donors (Lipinski definition) is 1. The van der Waals surface area contributed by atoms with Crippen molar-refractivity contribution in [3.05, 3.63) is 29.8 Å². The number of likely N-dealkylation sites (N-methyl/N-ethyl adjacent to an activating group) is 1. The van der Waals surface area contributed by atoms with Crippen LogP contribution in [0, 0.1) is 0 Å². The van der Waals surface area contributed by atoms with Gasteiger partial charge in [0.25, 0.3) is 0 Å². The Morgan fingerprint density at radius 3 is 2.96 bits per heavy atom. The van der Waals surface area contributed by atoms with Crippen LogP contribution in [0.2, 0.25) is 0 Å². The fourth-order valence-corrected chi connectivity index (χ4v) is 5.39. The number of thioether (sulfide) groups is 1. The standard InChI is InChI=1S/C19H26N2O2S/c1-21(14-7-10-24-13-14)12-18(22)20-16-11-19(8-4-9-19)23-17-6-3-2-5-15(16)17/h2-3,5-6,14,16H,4,7-13H2,1H3,(H,20,22)/t14-,16+/m0/s1. The van der Waals surface area contributed by atoms with Crippen molar-refractivity contribution in [2.24, 2.45) is 0 Å². The van der Waals surface area contributed by atoms with Crippen molar-refractivity contribution in [1.29, 1.82) is 0 Å². The molecule has 3 aliphatic rings. The third-order valence-electron chi connectivity index (χ3n) is 5.72. The quantitative estimate of drug-likeness (QED) is 0.910. The van der Waals surface area contributed by atoms with Crippen LogP contribution in [0.1, 0.15) is 43.7 Å². The van der Waals surface area contributed by atoms with Crippen molar-refractivity contribution in [3.8, 4) is 5.75 Å². The summed E-state index contributed by atoms with van der Waals surface area (Å²) in [6.45, 7) is 0.484. The molecule has 1 aliphatic carbocycles. The van der Waals surface area contributed by atoms with Gasteiger partial charge in [-0.1, -0.05) is 18.2 Å². The first kappa shape index (κ1) is 16.3. The lowest BCUT2D eigenvalue weighted by Gasteiger charge is -2.48. The number of carbonyl (C=O) groups is 1. The molecular formula is C19H26N2O2S. The maximum Gasteiger partial charge on any atom is 0.234 e. The second-order valence-electron chi connectivity index (χ2n) is 7.43. The van der Waals surface area contributed by atoms with Crippen molar-refractivity contribution in [1.82, 2.24) is 10.2 Å². The van der Waals surface area contributed by atoms with Crippen LogP contribution in [-0.2, 0) is 4.79 Å². The molecule has 0 unspecified atom stereocenters. The molecule has 1 aromatic rings. The Hall–Kier alpha value is -1.20. The SMILES string of the molecule is CN(CC(=O)N[C@@H]1CC2(CCC2)Oc2ccccc21)[C@H]1CCSC1. The zero-order valence-electron chi connectivity index (χ0n) is 14.3. The molecule has 2 heterocycles. The van der Waals surface area contributed by atoms with Crippen LogP contribution >= 0.6 is 11.8 Å². The van der Waals surface area contributed by atoms with Gasteiger partial charge >= 0.3 is 0 Å². The van der Waals surface area contributed by atoms with Gasteiger partial charge in [-0.25, -0.2) is 0 Å². The maximum atomic E-state index is 12.6.